The second kappa shape index (κ2) is 39.9. The van der Waals surface area contributed by atoms with Crippen LogP contribution >= 0.6 is 27.0 Å². The van der Waals surface area contributed by atoms with Gasteiger partial charge in [0.1, 0.15) is 80.6 Å². The number of fused-ring (bicyclic) bond motifs is 1. The number of aromatic amines is 3. The Labute approximate surface area is 672 Å². The summed E-state index contributed by atoms with van der Waals surface area (Å²) in [5.41, 5.74) is 17.4. The molecule has 19 atom stereocenters. The van der Waals surface area contributed by atoms with E-state index in [0.717, 1.165) is 26.0 Å². The molecule has 115 heavy (non-hydrogen) atoms. The molecule has 4 unspecified atom stereocenters. The SMILES string of the molecule is Cc1cn([C@H]2C[C@@H](OP(=S)(OCCOCCOCCNC(=O)CCOCCN)OC[C@H]3O[C@@H](n4ccc(N)nc4=O)C[C@H]3C(C)C)[C@@H](COP([O-])(=S)O[C@@H]3C[C@H](n4cnc5c(=O)[nH]c(N)nc54)O[C@@H]3COP(=O)([S-])O[C@@H]3C[C@H](n4ccc(N)nc4=O)O[C@@H]3COP([O-])(=S)O[C@@H]3C[C@H](n4ccc(=O)[nH]c4=O)O[C@@H]3CO)O2)c(=O)[nH]c1=O. The van der Waals surface area contributed by atoms with Crippen LogP contribution in [0.15, 0.2) is 82.9 Å². The summed E-state index contributed by atoms with van der Waals surface area (Å²) >= 11 is 22.5. The van der Waals surface area contributed by atoms with E-state index in [2.05, 4.69) is 40.2 Å². The van der Waals surface area contributed by atoms with E-state index >= 15 is 0 Å². The van der Waals surface area contributed by atoms with Gasteiger partial charge in [-0.3, -0.25) is 61.5 Å². The quantitative estimate of drug-likeness (QED) is 0.0110. The number of rotatable bonds is 42. The number of ether oxygens (including phenoxy) is 8. The number of aryl methyl sites for hydroxylation is 1. The summed E-state index contributed by atoms with van der Waals surface area (Å²) < 4.78 is 123. The molecule has 1 amide bonds. The van der Waals surface area contributed by atoms with Crippen molar-refractivity contribution in [2.75, 3.05) is 110 Å². The summed E-state index contributed by atoms with van der Waals surface area (Å²) in [5, 5.41) is 12.9. The van der Waals surface area contributed by atoms with Crippen molar-refractivity contribution in [1.29, 1.82) is 0 Å². The van der Waals surface area contributed by atoms with Gasteiger partial charge in [-0.15, -0.1) is 0 Å². The number of H-pyrrole nitrogens is 3. The third-order valence-corrected chi connectivity index (χ3v) is 25.6. The van der Waals surface area contributed by atoms with Gasteiger partial charge in [0.2, 0.25) is 11.9 Å². The lowest BCUT2D eigenvalue weighted by atomic mass is 9.89. The largest absolute Gasteiger partial charge is 0.780 e. The maximum absolute atomic E-state index is 14.9. The lowest BCUT2D eigenvalue weighted by Gasteiger charge is -2.35. The van der Waals surface area contributed by atoms with Crippen molar-refractivity contribution in [2.24, 2.45) is 17.6 Å². The van der Waals surface area contributed by atoms with E-state index in [1.54, 1.807) is 0 Å². The number of nitrogens with zero attached hydrogens (tertiary/aromatic N) is 9. The Balaban J connectivity index is 0.801. The Morgan fingerprint density at radius 3 is 1.71 bits per heavy atom. The standard InChI is InChI=1S/C61H89N17O29P4S4/c1-32(2)34-20-48(74-10-4-44(63)68-58(74)84)100-40(34)27-98-111(115,94-19-18-93-17-16-92-15-9-66-46(80)7-13-91-14-8-62)107-38-24-51(77-25-33(3)55(82)73-61(77)87)102-43(38)30-97-110(90,114)106-37-23-52(78-31-67-53-54(78)71-57(65)72-56(53)83)103-42(37)29-96-109(89,113)105-36-22-50(75-11-5-45(64)69-59(75)85)101-41(36)28-95-108(88,112)104-35-21-49(99-39(35)26-79)76-12-6-47(81)70-60(76)86/h4-6,10-12,25,31-32,34-43,48-52,79H,7-9,13-24,26-30,62H2,1-3H3,(H,66,80)(H,88,112)(H,89,113)(H,90,114)(H2,63,68,84)(H2,64,69,85)(H,70,81,86)(H,73,82,87)(H3,65,71,72,83)/p-3/t34-,35+,36+,37+,38+,39+,40+,41+,42+,43+,48+,49+,50+,51+,52+,108?,109?,110?,111?/m0/s1. The lowest BCUT2D eigenvalue weighted by Crippen LogP contribution is -2.34. The van der Waals surface area contributed by atoms with Crippen LogP contribution in [0.2, 0.25) is 0 Å². The topological polar surface area (TPSA) is 617 Å². The van der Waals surface area contributed by atoms with Crippen LogP contribution in [-0.4, -0.2) is 216 Å². The summed E-state index contributed by atoms with van der Waals surface area (Å²) in [5.74, 6) is -0.961. The van der Waals surface area contributed by atoms with Gasteiger partial charge in [0.05, 0.1) is 116 Å². The molecule has 6 aromatic heterocycles. The molecule has 5 fully saturated rings. The van der Waals surface area contributed by atoms with Crippen LogP contribution in [0.4, 0.5) is 17.6 Å². The fourth-order valence-corrected chi connectivity index (χ4v) is 19.5. The van der Waals surface area contributed by atoms with Gasteiger partial charge in [0.15, 0.2) is 18.0 Å². The summed E-state index contributed by atoms with van der Waals surface area (Å²) in [4.78, 5) is 154. The molecular weight excluding hydrogens is 1690 g/mol. The van der Waals surface area contributed by atoms with Crippen LogP contribution in [-0.2, 0) is 136 Å². The van der Waals surface area contributed by atoms with E-state index in [-0.39, 0.29) is 137 Å². The van der Waals surface area contributed by atoms with E-state index in [1.807, 2.05) is 13.8 Å². The van der Waals surface area contributed by atoms with Crippen LogP contribution in [0.3, 0.4) is 0 Å². The van der Waals surface area contributed by atoms with Gasteiger partial charge < -0.3 is 134 Å². The fourth-order valence-electron chi connectivity index (χ4n) is 13.0. The number of hydrogen-bond acceptors (Lipinski definition) is 41. The molecule has 0 aliphatic carbocycles. The number of nitrogen functional groups attached to an aromatic ring is 3. The van der Waals surface area contributed by atoms with Crippen molar-refractivity contribution in [3.8, 4) is 0 Å². The second-order valence-electron chi connectivity index (χ2n) is 26.9. The molecule has 13 N–H and O–H groups in total. The average Bonchev–Trinajstić information content (AvgIpc) is 1.64. The summed E-state index contributed by atoms with van der Waals surface area (Å²) in [6, 6.07) is 3.80. The number of hydrogen-bond donors (Lipinski definition) is 9. The van der Waals surface area contributed by atoms with Gasteiger partial charge in [-0.25, -0.2) is 24.2 Å². The van der Waals surface area contributed by atoms with E-state index in [9.17, 15) is 57.8 Å². The molecule has 11 heterocycles. The Hall–Kier alpha value is -5.97. The van der Waals surface area contributed by atoms with Crippen LogP contribution in [0.5, 0.6) is 0 Å². The Morgan fingerprint density at radius 2 is 1.11 bits per heavy atom. The third-order valence-electron chi connectivity index (χ3n) is 18.5. The first-order valence-electron chi connectivity index (χ1n) is 35.8. The summed E-state index contributed by atoms with van der Waals surface area (Å²) in [6.07, 6.45) is -11.8. The minimum Gasteiger partial charge on any atom is -0.780 e. The monoisotopic (exact) mass is 1770 g/mol. The molecule has 0 spiro atoms. The number of carbonyl (C=O) groups excluding carboxylic acids is 1. The van der Waals surface area contributed by atoms with Gasteiger partial charge in [-0.1, -0.05) is 37.5 Å². The van der Waals surface area contributed by atoms with Crippen LogP contribution in [0.1, 0.15) is 89.1 Å². The van der Waals surface area contributed by atoms with Crippen molar-refractivity contribution in [1.82, 2.24) is 63.0 Å². The predicted octanol–water partition coefficient (Wildman–Crippen LogP) is -2.32. The highest BCUT2D eigenvalue weighted by molar-refractivity contribution is 8.32. The first-order chi connectivity index (χ1) is 54.6. The maximum atomic E-state index is 14.9. The van der Waals surface area contributed by atoms with Crippen molar-refractivity contribution in [2.45, 2.75) is 145 Å². The molecular formula is C61H86N17O29P4S4-3. The number of aromatic nitrogens is 12. The van der Waals surface area contributed by atoms with E-state index in [4.69, 9.17) is 149 Å². The molecule has 46 nitrogen and oxygen atoms in total. The molecule has 0 aromatic carbocycles. The molecule has 54 heteroatoms. The Kier molecular flexibility index (Phi) is 31.2. The maximum Gasteiger partial charge on any atom is 0.351 e. The van der Waals surface area contributed by atoms with Crippen molar-refractivity contribution in [3.63, 3.8) is 0 Å². The molecule has 0 radical (unpaired) electrons. The minimum atomic E-state index is -4.91. The van der Waals surface area contributed by atoms with E-state index < -0.39 is 179 Å². The number of aliphatic hydroxyl groups is 1. The summed E-state index contributed by atoms with van der Waals surface area (Å²) in [6.45, 7) is -15.4. The zero-order valence-corrected chi connectivity index (χ0v) is 68.5. The van der Waals surface area contributed by atoms with Gasteiger partial charge in [0.25, 0.3) is 16.7 Å². The van der Waals surface area contributed by atoms with Crippen LogP contribution < -0.4 is 77.5 Å². The molecule has 11 rings (SSSR count). The number of imidazole rings is 1. The minimum absolute atomic E-state index is 0.00793. The van der Waals surface area contributed by atoms with Crippen LogP contribution in [0.25, 0.3) is 11.2 Å². The second-order valence-corrected chi connectivity index (χ2v) is 38.0. The third kappa shape index (κ3) is 24.2. The predicted molar refractivity (Wildman–Crippen MR) is 410 cm³/mol. The number of amides is 1. The first kappa shape index (κ1) is 89.8. The fraction of sp³-hybridized carbons (Fsp3) is 0.639. The van der Waals surface area contributed by atoms with Crippen LogP contribution in [0, 0.1) is 18.8 Å². The molecule has 6 aromatic rings. The highest BCUT2D eigenvalue weighted by Gasteiger charge is 2.48. The molecule has 5 saturated heterocycles. The van der Waals surface area contributed by atoms with Gasteiger partial charge in [-0.05, 0) is 49.1 Å². The smallest absolute Gasteiger partial charge is 0.351 e. The summed E-state index contributed by atoms with van der Waals surface area (Å²) in [7, 11) is 0. The molecule has 0 bridgehead atoms. The zero-order valence-electron chi connectivity index (χ0n) is 61.6. The number of nitrogens with two attached hydrogens (primary N) is 4. The van der Waals surface area contributed by atoms with E-state index in [0.29, 0.717) is 19.6 Å². The molecule has 636 valence electrons. The average molecular weight is 1770 g/mol. The number of aliphatic hydroxyl groups excluding tert-OH is 1. The highest BCUT2D eigenvalue weighted by Crippen LogP contribution is 2.57. The van der Waals surface area contributed by atoms with Gasteiger partial charge in [-0.2, -0.15) is 15.0 Å². The van der Waals surface area contributed by atoms with Gasteiger partial charge in [0, 0.05) is 81.6 Å². The Bertz CT molecular complexity index is 5020. The first-order valence-corrected chi connectivity index (χ1v) is 46.0. The number of nitrogens with one attached hydrogen (secondary N) is 4. The Morgan fingerprint density at radius 1 is 0.609 bits per heavy atom. The molecule has 5 aliphatic heterocycles. The number of anilines is 3. The normalized spacial score (nSPS) is 27.1. The van der Waals surface area contributed by atoms with E-state index in [1.165, 1.54) is 53.1 Å². The molecule has 0 saturated carbocycles. The lowest BCUT2D eigenvalue weighted by molar-refractivity contribution is -0.216. The molecule has 5 aliphatic rings. The van der Waals surface area contributed by atoms with Crippen molar-refractivity contribution < 1.29 is 103 Å². The highest BCUT2D eigenvalue weighted by atomic mass is 32.7. The van der Waals surface area contributed by atoms with Crippen molar-refractivity contribution >= 4 is 109 Å². The van der Waals surface area contributed by atoms with Gasteiger partial charge >= 0.3 is 29.5 Å². The van der Waals surface area contributed by atoms with Crippen molar-refractivity contribution in [3.05, 3.63) is 128 Å². The zero-order chi connectivity index (χ0) is 82.7. The number of carbonyl (C=O) groups is 1.